The van der Waals surface area contributed by atoms with Gasteiger partial charge in [0.05, 0.1) is 27.4 Å². The van der Waals surface area contributed by atoms with Crippen molar-refractivity contribution in [1.29, 1.82) is 5.26 Å². The third-order valence-corrected chi connectivity index (χ3v) is 6.11. The molecular formula is C24H21N5O5. The van der Waals surface area contributed by atoms with Gasteiger partial charge in [-0.3, -0.25) is 29.9 Å². The smallest absolute Gasteiger partial charge is 0.269 e. The molecule has 10 nitrogen and oxygen atoms in total. The van der Waals surface area contributed by atoms with Crippen molar-refractivity contribution in [2.24, 2.45) is 11.1 Å². The quantitative estimate of drug-likeness (QED) is 0.519. The number of anilines is 1. The zero-order chi connectivity index (χ0) is 24.8. The third kappa shape index (κ3) is 3.77. The minimum absolute atomic E-state index is 0.0807. The Bertz CT molecular complexity index is 1330. The van der Waals surface area contributed by atoms with Gasteiger partial charge in [-0.1, -0.05) is 26.0 Å². The van der Waals surface area contributed by atoms with E-state index < -0.39 is 21.2 Å². The second-order valence-electron chi connectivity index (χ2n) is 9.11. The van der Waals surface area contributed by atoms with E-state index in [1.165, 1.54) is 42.5 Å². The number of rotatable bonds is 4. The van der Waals surface area contributed by atoms with E-state index in [9.17, 15) is 30.3 Å². The first-order valence-electron chi connectivity index (χ1n) is 10.5. The van der Waals surface area contributed by atoms with E-state index in [2.05, 4.69) is 6.07 Å². The largest absolute Gasteiger partial charge is 0.384 e. The van der Waals surface area contributed by atoms with Crippen molar-refractivity contribution in [3.63, 3.8) is 0 Å². The first-order chi connectivity index (χ1) is 16.0. The summed E-state index contributed by atoms with van der Waals surface area (Å²) in [7, 11) is 0. The number of non-ortho nitro benzene ring substituents is 2. The second kappa shape index (κ2) is 8.12. The van der Waals surface area contributed by atoms with E-state index in [1.807, 2.05) is 13.8 Å². The van der Waals surface area contributed by atoms with E-state index in [-0.39, 0.29) is 35.0 Å². The monoisotopic (exact) mass is 459 g/mol. The molecule has 0 saturated carbocycles. The minimum atomic E-state index is -0.849. The number of ketones is 1. The molecule has 172 valence electrons. The summed E-state index contributed by atoms with van der Waals surface area (Å²) in [6.45, 7) is 3.90. The number of benzene rings is 2. The Morgan fingerprint density at radius 2 is 1.71 bits per heavy atom. The van der Waals surface area contributed by atoms with E-state index in [0.717, 1.165) is 0 Å². The third-order valence-electron chi connectivity index (χ3n) is 6.11. The van der Waals surface area contributed by atoms with E-state index in [0.29, 0.717) is 28.9 Å². The van der Waals surface area contributed by atoms with Crippen molar-refractivity contribution in [3.05, 3.63) is 97.0 Å². The number of nitro benzene ring substituents is 2. The highest BCUT2D eigenvalue weighted by atomic mass is 16.6. The molecule has 1 aliphatic heterocycles. The lowest BCUT2D eigenvalue weighted by molar-refractivity contribution is -0.385. The van der Waals surface area contributed by atoms with Crippen molar-refractivity contribution in [2.75, 3.05) is 4.90 Å². The molecule has 0 bridgehead atoms. The van der Waals surface area contributed by atoms with Gasteiger partial charge in [-0.05, 0) is 29.5 Å². The van der Waals surface area contributed by atoms with Crippen LogP contribution < -0.4 is 10.6 Å². The molecule has 1 atom stereocenters. The maximum absolute atomic E-state index is 13.5. The van der Waals surface area contributed by atoms with Crippen LogP contribution in [0.1, 0.15) is 38.2 Å². The summed E-state index contributed by atoms with van der Waals surface area (Å²) in [6.07, 6.45) is 0.694. The van der Waals surface area contributed by atoms with Gasteiger partial charge >= 0.3 is 0 Å². The molecule has 0 unspecified atom stereocenters. The number of nitro groups is 2. The Hall–Kier alpha value is -4.52. The lowest BCUT2D eigenvalue weighted by Crippen LogP contribution is -2.42. The summed E-state index contributed by atoms with van der Waals surface area (Å²) in [4.78, 5) is 36.5. The number of hydrogen-bond acceptors (Lipinski definition) is 8. The fourth-order valence-electron chi connectivity index (χ4n) is 4.68. The lowest BCUT2D eigenvalue weighted by atomic mass is 9.68. The molecule has 1 aliphatic carbocycles. The van der Waals surface area contributed by atoms with Crippen LogP contribution in [-0.4, -0.2) is 15.6 Å². The van der Waals surface area contributed by atoms with Gasteiger partial charge in [0.15, 0.2) is 5.78 Å². The number of nitrogens with two attached hydrogens (primary N) is 1. The number of allylic oxidation sites excluding steroid dienone is 3. The normalized spacial score (nSPS) is 19.5. The molecule has 4 rings (SSSR count). The molecule has 34 heavy (non-hydrogen) atoms. The van der Waals surface area contributed by atoms with Gasteiger partial charge in [-0.2, -0.15) is 5.26 Å². The Morgan fingerprint density at radius 1 is 1.06 bits per heavy atom. The van der Waals surface area contributed by atoms with E-state index >= 15 is 0 Å². The van der Waals surface area contributed by atoms with Crippen molar-refractivity contribution in [2.45, 2.75) is 32.6 Å². The fourth-order valence-corrected chi connectivity index (χ4v) is 4.68. The first-order valence-corrected chi connectivity index (χ1v) is 10.5. The van der Waals surface area contributed by atoms with Crippen molar-refractivity contribution in [1.82, 2.24) is 0 Å². The molecule has 10 heteroatoms. The van der Waals surface area contributed by atoms with Gasteiger partial charge in [-0.15, -0.1) is 0 Å². The van der Waals surface area contributed by atoms with Crippen LogP contribution in [0, 0.1) is 37.0 Å². The van der Waals surface area contributed by atoms with Crippen LogP contribution in [0.4, 0.5) is 17.1 Å². The Morgan fingerprint density at radius 3 is 2.29 bits per heavy atom. The van der Waals surface area contributed by atoms with Gasteiger partial charge in [0.2, 0.25) is 0 Å². The number of Topliss-reactive ketones (excluding diaryl/α,β-unsaturated/α-hetero) is 1. The zero-order valence-electron chi connectivity index (χ0n) is 18.5. The summed E-state index contributed by atoms with van der Waals surface area (Å²) in [5.74, 6) is -0.940. The van der Waals surface area contributed by atoms with Crippen LogP contribution in [-0.2, 0) is 4.79 Å². The highest BCUT2D eigenvalue weighted by molar-refractivity contribution is 6.01. The number of hydrogen-bond donors (Lipinski definition) is 1. The van der Waals surface area contributed by atoms with Gasteiger partial charge in [0, 0.05) is 47.6 Å². The topological polar surface area (TPSA) is 156 Å². The molecule has 0 radical (unpaired) electrons. The van der Waals surface area contributed by atoms with Crippen LogP contribution in [0.5, 0.6) is 0 Å². The van der Waals surface area contributed by atoms with E-state index in [1.54, 1.807) is 11.0 Å². The average molecular weight is 459 g/mol. The predicted octanol–water partition coefficient (Wildman–Crippen LogP) is 4.44. The van der Waals surface area contributed by atoms with Crippen LogP contribution in [0.15, 0.2) is 71.2 Å². The standard InChI is InChI=1S/C24H21N5O5/c1-24(2)11-19-22(20(30)12-24)21(14-4-3-5-17(10-14)29(33)34)18(13-25)23(26)27(19)15-6-8-16(9-7-15)28(31)32/h3-10,21H,11-12,26H2,1-2H3/t21-/m1/s1. The van der Waals surface area contributed by atoms with Crippen LogP contribution in [0.25, 0.3) is 0 Å². The Labute approximate surface area is 194 Å². The summed E-state index contributed by atoms with van der Waals surface area (Å²) in [5.41, 5.74) is 7.79. The molecule has 2 aromatic carbocycles. The predicted molar refractivity (Wildman–Crippen MR) is 123 cm³/mol. The molecule has 0 spiro atoms. The van der Waals surface area contributed by atoms with Gasteiger partial charge in [0.25, 0.3) is 11.4 Å². The number of nitrogens with zero attached hydrogens (tertiary/aromatic N) is 4. The van der Waals surface area contributed by atoms with Gasteiger partial charge < -0.3 is 5.73 Å². The molecule has 0 aromatic heterocycles. The number of carbonyl (C=O) groups excluding carboxylic acids is 1. The summed E-state index contributed by atoms with van der Waals surface area (Å²) in [5, 5.41) is 32.5. The minimum Gasteiger partial charge on any atom is -0.384 e. The fraction of sp³-hybridized carbons (Fsp3) is 0.250. The summed E-state index contributed by atoms with van der Waals surface area (Å²) in [6, 6.07) is 13.7. The number of carbonyl (C=O) groups is 1. The molecule has 1 heterocycles. The highest BCUT2D eigenvalue weighted by Crippen LogP contribution is 2.50. The lowest BCUT2D eigenvalue weighted by Gasteiger charge is -2.43. The molecule has 0 amide bonds. The zero-order valence-corrected chi connectivity index (χ0v) is 18.5. The molecule has 2 aromatic rings. The summed E-state index contributed by atoms with van der Waals surface area (Å²) >= 11 is 0. The first kappa shape index (κ1) is 22.7. The molecule has 2 aliphatic rings. The Kier molecular flexibility index (Phi) is 5.41. The molecule has 0 fully saturated rings. The highest BCUT2D eigenvalue weighted by Gasteiger charge is 2.44. The second-order valence-corrected chi connectivity index (χ2v) is 9.11. The maximum Gasteiger partial charge on any atom is 0.269 e. The van der Waals surface area contributed by atoms with Gasteiger partial charge in [0.1, 0.15) is 5.82 Å². The molecular weight excluding hydrogens is 438 g/mol. The summed E-state index contributed by atoms with van der Waals surface area (Å²) < 4.78 is 0. The van der Waals surface area contributed by atoms with Crippen LogP contribution in [0.3, 0.4) is 0 Å². The average Bonchev–Trinajstić information content (AvgIpc) is 2.77. The molecule has 0 saturated heterocycles. The number of nitriles is 1. The Balaban J connectivity index is 1.97. The SMILES string of the molecule is CC1(C)CC(=O)C2=C(C1)N(c1ccc([N+](=O)[O-])cc1)C(N)=C(C#N)[C@H]2c1cccc([N+](=O)[O-])c1. The van der Waals surface area contributed by atoms with Gasteiger partial charge in [-0.25, -0.2) is 0 Å². The van der Waals surface area contributed by atoms with Crippen molar-refractivity contribution in [3.8, 4) is 6.07 Å². The molecule has 2 N–H and O–H groups in total. The maximum atomic E-state index is 13.5. The van der Waals surface area contributed by atoms with Crippen molar-refractivity contribution < 1.29 is 14.6 Å². The van der Waals surface area contributed by atoms with Crippen LogP contribution >= 0.6 is 0 Å². The van der Waals surface area contributed by atoms with Crippen LogP contribution in [0.2, 0.25) is 0 Å². The van der Waals surface area contributed by atoms with Crippen molar-refractivity contribution >= 4 is 22.8 Å². The van der Waals surface area contributed by atoms with E-state index in [4.69, 9.17) is 5.73 Å².